The van der Waals surface area contributed by atoms with Gasteiger partial charge in [0.15, 0.2) is 11.5 Å². The van der Waals surface area contributed by atoms with E-state index in [1.165, 1.54) is 24.8 Å². The van der Waals surface area contributed by atoms with Crippen LogP contribution in [0.15, 0.2) is 35.9 Å². The number of phenols is 1. The van der Waals surface area contributed by atoms with E-state index in [1.807, 2.05) is 0 Å². The van der Waals surface area contributed by atoms with Crippen molar-refractivity contribution in [1.29, 1.82) is 0 Å². The Bertz CT molecular complexity index is 1480. The fraction of sp³-hybridized carbons (Fsp3) is 0.692. The molecule has 10 atom stereocenters. The molecule has 258 valence electrons. The normalized spacial score (nSPS) is 42.2. The van der Waals surface area contributed by atoms with E-state index in [2.05, 4.69) is 52.5 Å². The monoisotopic (exact) mass is 650 g/mol. The Hall–Kier alpha value is -2.84. The average Bonchev–Trinajstić information content (AvgIpc) is 3.01. The van der Waals surface area contributed by atoms with E-state index in [4.69, 9.17) is 9.47 Å². The first-order valence-electron chi connectivity index (χ1n) is 17.6. The van der Waals surface area contributed by atoms with Crippen LogP contribution in [0.4, 0.5) is 0 Å². The zero-order valence-electron chi connectivity index (χ0n) is 29.2. The highest BCUT2D eigenvalue weighted by Crippen LogP contribution is 2.75. The van der Waals surface area contributed by atoms with Crippen LogP contribution in [-0.4, -0.2) is 46.7 Å². The first-order valence-corrected chi connectivity index (χ1v) is 17.6. The number of carbonyl (C=O) groups excluding carboxylic acids is 2. The number of aliphatic hydroxyl groups excluding tert-OH is 1. The quantitative estimate of drug-likeness (QED) is 0.0973. The molecule has 0 aromatic heterocycles. The maximum Gasteiger partial charge on any atom is 0.348 e. The SMILES string of the molecule is COc1ccc(/C=C/C(=O)O[C@@H]2[C@H](O)C[C@@]3(C)C(CC[C@]4(C)C3CC=C3[C@@H]5[C@@H](C)CCC[C@]5(C(=O)OO)CC[C@]34C)C2(C)C)cc1O. The summed E-state index contributed by atoms with van der Waals surface area (Å²) < 4.78 is 11.2. The van der Waals surface area contributed by atoms with E-state index < -0.39 is 35.0 Å². The lowest BCUT2D eigenvalue weighted by molar-refractivity contribution is -0.257. The summed E-state index contributed by atoms with van der Waals surface area (Å²) in [6, 6.07) is 4.91. The molecule has 1 aromatic carbocycles. The van der Waals surface area contributed by atoms with E-state index in [9.17, 15) is 25.1 Å². The number of esters is 1. The summed E-state index contributed by atoms with van der Waals surface area (Å²) in [5, 5.41) is 31.5. The Balaban J connectivity index is 1.27. The number of methoxy groups -OCH3 is 1. The van der Waals surface area contributed by atoms with Gasteiger partial charge < -0.3 is 24.6 Å². The number of hydrogen-bond acceptors (Lipinski definition) is 8. The van der Waals surface area contributed by atoms with Crippen molar-refractivity contribution in [2.75, 3.05) is 7.11 Å². The van der Waals surface area contributed by atoms with E-state index >= 15 is 0 Å². The summed E-state index contributed by atoms with van der Waals surface area (Å²) in [5.41, 5.74) is 0.560. The van der Waals surface area contributed by atoms with Crippen molar-refractivity contribution < 1.29 is 39.4 Å². The van der Waals surface area contributed by atoms with Gasteiger partial charge in [0.1, 0.15) is 6.10 Å². The second-order valence-corrected chi connectivity index (χ2v) is 16.9. The topological polar surface area (TPSA) is 123 Å². The standard InChI is InChI=1S/C39H54O8/c1-23-9-8-17-39(34(43)47-44)20-19-37(5)25(32(23)39)12-14-30-36(4)22-27(41)33(35(2,3)29(36)16-18-38(30,37)6)46-31(42)15-11-24-10-13-28(45-7)26(40)21-24/h10-13,15,21,23,27,29-30,32-33,40-41,44H,8-9,14,16-20,22H2,1-7H3/b15-11+/t23-,27+,29?,30?,32-,33+,36-,37+,38+,39-/m0/s1. The highest BCUT2D eigenvalue weighted by Gasteiger charge is 2.70. The van der Waals surface area contributed by atoms with Crippen LogP contribution in [0.3, 0.4) is 0 Å². The third-order valence-electron chi connectivity index (χ3n) is 14.6. The summed E-state index contributed by atoms with van der Waals surface area (Å²) in [5.74, 6) is 0.294. The number of aliphatic hydroxyl groups is 1. The second kappa shape index (κ2) is 11.6. The van der Waals surface area contributed by atoms with Gasteiger partial charge in [-0.1, -0.05) is 72.1 Å². The molecule has 4 saturated carbocycles. The molecule has 0 aliphatic heterocycles. The summed E-state index contributed by atoms with van der Waals surface area (Å²) in [6.45, 7) is 13.8. The van der Waals surface area contributed by atoms with Crippen LogP contribution < -0.4 is 4.74 Å². The van der Waals surface area contributed by atoms with Crippen molar-refractivity contribution in [2.24, 2.45) is 50.7 Å². The van der Waals surface area contributed by atoms with Crippen LogP contribution in [0.2, 0.25) is 0 Å². The summed E-state index contributed by atoms with van der Waals surface area (Å²) in [7, 11) is 1.48. The molecule has 8 nitrogen and oxygen atoms in total. The predicted octanol–water partition coefficient (Wildman–Crippen LogP) is 7.72. The molecule has 6 rings (SSSR count). The Morgan fingerprint density at radius 2 is 1.74 bits per heavy atom. The van der Waals surface area contributed by atoms with Gasteiger partial charge in [-0.25, -0.2) is 9.59 Å². The van der Waals surface area contributed by atoms with Crippen LogP contribution in [0.1, 0.15) is 105 Å². The number of allylic oxidation sites excluding steroid dienone is 2. The Kier molecular flexibility index (Phi) is 8.43. The summed E-state index contributed by atoms with van der Waals surface area (Å²) in [6.07, 6.45) is 11.7. The van der Waals surface area contributed by atoms with Crippen molar-refractivity contribution in [2.45, 2.75) is 112 Å². The molecule has 0 bridgehead atoms. The summed E-state index contributed by atoms with van der Waals surface area (Å²) in [4.78, 5) is 30.9. The fourth-order valence-electron chi connectivity index (χ4n) is 12.3. The van der Waals surface area contributed by atoms with Gasteiger partial charge in [-0.3, -0.25) is 0 Å². The smallest absolute Gasteiger partial charge is 0.348 e. The van der Waals surface area contributed by atoms with Gasteiger partial charge in [-0.2, -0.15) is 5.26 Å². The minimum atomic E-state index is -0.814. The molecule has 0 amide bonds. The first kappa shape index (κ1) is 34.0. The number of phenolic OH excluding ortho intramolecular Hbond substituents is 1. The van der Waals surface area contributed by atoms with E-state index in [0.29, 0.717) is 36.0 Å². The molecule has 5 aliphatic carbocycles. The van der Waals surface area contributed by atoms with E-state index in [-0.39, 0.29) is 33.8 Å². The second-order valence-electron chi connectivity index (χ2n) is 16.9. The number of fused-ring (bicyclic) bond motifs is 7. The number of aromatic hydroxyl groups is 1. The van der Waals surface area contributed by atoms with Crippen molar-refractivity contribution in [3.63, 3.8) is 0 Å². The Morgan fingerprint density at radius 1 is 1.00 bits per heavy atom. The molecule has 4 fully saturated rings. The van der Waals surface area contributed by atoms with Crippen molar-refractivity contribution in [3.05, 3.63) is 41.5 Å². The summed E-state index contributed by atoms with van der Waals surface area (Å²) >= 11 is 0. The van der Waals surface area contributed by atoms with Gasteiger partial charge in [-0.05, 0) is 109 Å². The highest BCUT2D eigenvalue weighted by atomic mass is 17.1. The van der Waals surface area contributed by atoms with Gasteiger partial charge in [0.25, 0.3) is 0 Å². The lowest BCUT2D eigenvalue weighted by Gasteiger charge is -2.71. The maximum absolute atomic E-state index is 13.2. The van der Waals surface area contributed by atoms with Gasteiger partial charge in [0.05, 0.1) is 18.6 Å². The van der Waals surface area contributed by atoms with Crippen LogP contribution in [0.25, 0.3) is 6.08 Å². The lowest BCUT2D eigenvalue weighted by Crippen LogP contribution is -2.67. The van der Waals surface area contributed by atoms with Crippen LogP contribution in [-0.2, 0) is 19.2 Å². The Labute approximate surface area is 279 Å². The first-order chi connectivity index (χ1) is 22.1. The van der Waals surface area contributed by atoms with Crippen molar-refractivity contribution >= 4 is 18.0 Å². The molecule has 0 radical (unpaired) electrons. The number of carbonyl (C=O) groups is 2. The number of ether oxygens (including phenoxy) is 2. The third-order valence-corrected chi connectivity index (χ3v) is 14.6. The van der Waals surface area contributed by atoms with Crippen molar-refractivity contribution in [3.8, 4) is 11.5 Å². The van der Waals surface area contributed by atoms with Crippen LogP contribution >= 0.6 is 0 Å². The molecule has 47 heavy (non-hydrogen) atoms. The van der Waals surface area contributed by atoms with Gasteiger partial charge >= 0.3 is 11.9 Å². The zero-order valence-corrected chi connectivity index (χ0v) is 29.2. The van der Waals surface area contributed by atoms with E-state index in [1.54, 1.807) is 18.2 Å². The molecular formula is C39H54O8. The molecule has 0 saturated heterocycles. The number of benzene rings is 1. The molecule has 0 heterocycles. The van der Waals surface area contributed by atoms with Crippen molar-refractivity contribution in [1.82, 2.24) is 0 Å². The van der Waals surface area contributed by atoms with E-state index in [0.717, 1.165) is 44.9 Å². The molecule has 1 aromatic rings. The molecule has 2 unspecified atom stereocenters. The zero-order chi connectivity index (χ0) is 34.2. The van der Waals surface area contributed by atoms with Crippen LogP contribution in [0.5, 0.6) is 11.5 Å². The minimum absolute atomic E-state index is 0.0116. The van der Waals surface area contributed by atoms with Crippen LogP contribution in [0, 0.1) is 50.7 Å². The molecule has 8 heteroatoms. The molecule has 5 aliphatic rings. The van der Waals surface area contributed by atoms with Gasteiger partial charge in [0.2, 0.25) is 0 Å². The van der Waals surface area contributed by atoms with Gasteiger partial charge in [-0.15, -0.1) is 0 Å². The third kappa shape index (κ3) is 4.90. The Morgan fingerprint density at radius 3 is 2.43 bits per heavy atom. The average molecular weight is 651 g/mol. The largest absolute Gasteiger partial charge is 0.504 e. The van der Waals surface area contributed by atoms with Gasteiger partial charge in [0, 0.05) is 11.5 Å². The molecule has 0 spiro atoms. The number of rotatable bonds is 5. The minimum Gasteiger partial charge on any atom is -0.504 e. The molecule has 3 N–H and O–H groups in total. The fourth-order valence-corrected chi connectivity index (χ4v) is 12.3. The predicted molar refractivity (Wildman–Crippen MR) is 178 cm³/mol. The lowest BCUT2D eigenvalue weighted by atomic mass is 9.33. The highest BCUT2D eigenvalue weighted by molar-refractivity contribution is 5.87. The number of hydrogen-bond donors (Lipinski definition) is 3. The molecular weight excluding hydrogens is 596 g/mol. The maximum atomic E-state index is 13.2.